The van der Waals surface area contributed by atoms with E-state index in [0.717, 1.165) is 21.5 Å². The summed E-state index contributed by atoms with van der Waals surface area (Å²) in [6, 6.07) is 16.5. The van der Waals surface area contributed by atoms with E-state index in [1.807, 2.05) is 13.8 Å². The number of sulfonamides is 1. The number of nitrogens with zero attached hydrogens (tertiary/aromatic N) is 1. The van der Waals surface area contributed by atoms with E-state index in [1.165, 1.54) is 44.6 Å². The molecule has 1 N–H and O–H groups in total. The Labute approximate surface area is 205 Å². The lowest BCUT2D eigenvalue weighted by Gasteiger charge is -2.26. The maximum atomic E-state index is 14.7. The third kappa shape index (κ3) is 5.92. The van der Waals surface area contributed by atoms with Gasteiger partial charge in [0.2, 0.25) is 5.91 Å². The van der Waals surface area contributed by atoms with Crippen molar-refractivity contribution in [2.24, 2.45) is 0 Å². The van der Waals surface area contributed by atoms with E-state index in [1.54, 1.807) is 30.3 Å². The highest BCUT2D eigenvalue weighted by Gasteiger charge is 2.30. The summed E-state index contributed by atoms with van der Waals surface area (Å²) < 4.78 is 53.0. The summed E-state index contributed by atoms with van der Waals surface area (Å²) in [7, 11) is -1.17. The lowest BCUT2D eigenvalue weighted by Crippen LogP contribution is -2.42. The van der Waals surface area contributed by atoms with Crippen molar-refractivity contribution in [3.05, 3.63) is 83.7 Å². The lowest BCUT2D eigenvalue weighted by atomic mass is 10.0. The fraction of sp³-hybridized carbons (Fsp3) is 0.269. The van der Waals surface area contributed by atoms with Gasteiger partial charge in [-0.2, -0.15) is 0 Å². The average molecular weight is 501 g/mol. The zero-order valence-electron chi connectivity index (χ0n) is 20.1. The van der Waals surface area contributed by atoms with Crippen LogP contribution in [-0.4, -0.2) is 35.1 Å². The average Bonchev–Trinajstić information content (AvgIpc) is 2.86. The number of carbonyl (C=O) groups is 1. The monoisotopic (exact) mass is 500 g/mol. The topological polar surface area (TPSA) is 84.9 Å². The number of nitrogens with one attached hydrogen (secondary N) is 1. The highest BCUT2D eigenvalue weighted by Crippen LogP contribution is 2.31. The highest BCUT2D eigenvalue weighted by atomic mass is 32.2. The van der Waals surface area contributed by atoms with E-state index in [2.05, 4.69) is 5.32 Å². The predicted molar refractivity (Wildman–Crippen MR) is 133 cm³/mol. The molecule has 0 aliphatic rings. The fourth-order valence-corrected chi connectivity index (χ4v) is 5.08. The van der Waals surface area contributed by atoms with Gasteiger partial charge in [-0.25, -0.2) is 12.8 Å². The van der Waals surface area contributed by atoms with Crippen LogP contribution in [0.5, 0.6) is 11.5 Å². The van der Waals surface area contributed by atoms with Gasteiger partial charge in [0, 0.05) is 0 Å². The second-order valence-electron chi connectivity index (χ2n) is 7.92. The molecule has 0 heterocycles. The Kier molecular flexibility index (Phi) is 8.34. The second kappa shape index (κ2) is 11.2. The second-order valence-corrected chi connectivity index (χ2v) is 9.78. The van der Waals surface area contributed by atoms with Gasteiger partial charge in [0.1, 0.15) is 12.4 Å². The number of amides is 1. The lowest BCUT2D eigenvalue weighted by molar-refractivity contribution is -0.120. The smallest absolute Gasteiger partial charge is 0.264 e. The molecule has 9 heteroatoms. The molecule has 1 atom stereocenters. The molecule has 0 saturated heterocycles. The SMILES string of the molecule is CCC(NC(=O)CN(c1ccccc1F)S(=O)(=O)c1ccc(C)cc1)c1ccc(OC)c(OC)c1. The van der Waals surface area contributed by atoms with Crippen molar-refractivity contribution in [2.45, 2.75) is 31.2 Å². The molecule has 35 heavy (non-hydrogen) atoms. The summed E-state index contributed by atoms with van der Waals surface area (Å²) in [5.41, 5.74) is 1.43. The molecule has 0 saturated carbocycles. The number of hydrogen-bond acceptors (Lipinski definition) is 5. The van der Waals surface area contributed by atoms with Crippen LogP contribution in [0.15, 0.2) is 71.6 Å². The van der Waals surface area contributed by atoms with Gasteiger partial charge >= 0.3 is 0 Å². The number of hydrogen-bond donors (Lipinski definition) is 1. The molecule has 0 bridgehead atoms. The number of carbonyl (C=O) groups excluding carboxylic acids is 1. The molecule has 0 aliphatic carbocycles. The quantitative estimate of drug-likeness (QED) is 0.439. The van der Waals surface area contributed by atoms with E-state index >= 15 is 0 Å². The van der Waals surface area contributed by atoms with Gasteiger partial charge in [-0.3, -0.25) is 9.10 Å². The Balaban J connectivity index is 1.92. The van der Waals surface area contributed by atoms with Gasteiger partial charge in [0.15, 0.2) is 11.5 Å². The number of benzene rings is 3. The minimum Gasteiger partial charge on any atom is -0.493 e. The molecule has 3 aromatic rings. The van der Waals surface area contributed by atoms with Crippen molar-refractivity contribution >= 4 is 21.6 Å². The summed E-state index contributed by atoms with van der Waals surface area (Å²) in [5.74, 6) is -0.270. The molecule has 1 unspecified atom stereocenters. The first-order chi connectivity index (χ1) is 16.7. The van der Waals surface area contributed by atoms with Crippen LogP contribution in [0.4, 0.5) is 10.1 Å². The zero-order valence-corrected chi connectivity index (χ0v) is 20.9. The Hall–Kier alpha value is -3.59. The van der Waals surface area contributed by atoms with Crippen LogP contribution in [0, 0.1) is 12.7 Å². The summed E-state index contributed by atoms with van der Waals surface area (Å²) in [4.78, 5) is 13.1. The fourth-order valence-electron chi connectivity index (χ4n) is 3.65. The Morgan fingerprint density at radius 2 is 1.66 bits per heavy atom. The summed E-state index contributed by atoms with van der Waals surface area (Å²) >= 11 is 0. The molecule has 0 radical (unpaired) electrons. The largest absolute Gasteiger partial charge is 0.493 e. The molecule has 0 aromatic heterocycles. The Morgan fingerprint density at radius 1 is 1.00 bits per heavy atom. The predicted octanol–water partition coefficient (Wildman–Crippen LogP) is 4.61. The van der Waals surface area contributed by atoms with Crippen molar-refractivity contribution in [1.29, 1.82) is 0 Å². The van der Waals surface area contributed by atoms with Crippen molar-refractivity contribution in [3.8, 4) is 11.5 Å². The van der Waals surface area contributed by atoms with Crippen LogP contribution in [0.1, 0.15) is 30.5 Å². The number of para-hydroxylation sites is 1. The van der Waals surface area contributed by atoms with Gasteiger partial charge in [-0.05, 0) is 55.3 Å². The van der Waals surface area contributed by atoms with Gasteiger partial charge in [0.05, 0.1) is 30.8 Å². The molecule has 0 fully saturated rings. The molecule has 0 spiro atoms. The van der Waals surface area contributed by atoms with E-state index in [0.29, 0.717) is 17.9 Å². The summed E-state index contributed by atoms with van der Waals surface area (Å²) in [5, 5.41) is 2.86. The first-order valence-corrected chi connectivity index (χ1v) is 12.5. The zero-order chi connectivity index (χ0) is 25.6. The van der Waals surface area contributed by atoms with E-state index in [9.17, 15) is 17.6 Å². The summed E-state index contributed by atoms with van der Waals surface area (Å²) in [6.45, 7) is 3.12. The van der Waals surface area contributed by atoms with Crippen molar-refractivity contribution in [3.63, 3.8) is 0 Å². The third-order valence-corrected chi connectivity index (χ3v) is 7.34. The molecule has 3 rings (SSSR count). The highest BCUT2D eigenvalue weighted by molar-refractivity contribution is 7.92. The third-order valence-electron chi connectivity index (χ3n) is 5.57. The standard InChI is InChI=1S/C26H29FN2O5S/c1-5-22(19-12-15-24(33-3)25(16-19)34-4)28-26(30)17-29(23-9-7-6-8-21(23)27)35(31,32)20-13-10-18(2)11-14-20/h6-16,22H,5,17H2,1-4H3,(H,28,30). The van der Waals surface area contributed by atoms with Gasteiger partial charge in [-0.15, -0.1) is 0 Å². The molecular weight excluding hydrogens is 471 g/mol. The first-order valence-electron chi connectivity index (χ1n) is 11.1. The maximum absolute atomic E-state index is 14.7. The molecule has 3 aromatic carbocycles. The van der Waals surface area contributed by atoms with Crippen LogP contribution >= 0.6 is 0 Å². The van der Waals surface area contributed by atoms with Gasteiger partial charge in [0.25, 0.3) is 10.0 Å². The van der Waals surface area contributed by atoms with Crippen LogP contribution < -0.4 is 19.1 Å². The Bertz CT molecular complexity index is 1280. The molecule has 186 valence electrons. The number of methoxy groups -OCH3 is 2. The minimum atomic E-state index is -4.22. The number of anilines is 1. The van der Waals surface area contributed by atoms with E-state index in [-0.39, 0.29) is 10.6 Å². The van der Waals surface area contributed by atoms with Crippen molar-refractivity contribution in [2.75, 3.05) is 25.1 Å². The van der Waals surface area contributed by atoms with Gasteiger partial charge in [-0.1, -0.05) is 42.8 Å². The maximum Gasteiger partial charge on any atom is 0.264 e. The molecule has 1 amide bonds. The minimum absolute atomic E-state index is 0.0360. The normalized spacial score (nSPS) is 12.0. The van der Waals surface area contributed by atoms with Crippen LogP contribution in [0.2, 0.25) is 0 Å². The molecular formula is C26H29FN2O5S. The number of rotatable bonds is 10. The van der Waals surface area contributed by atoms with Crippen LogP contribution in [0.25, 0.3) is 0 Å². The van der Waals surface area contributed by atoms with Gasteiger partial charge < -0.3 is 14.8 Å². The van der Waals surface area contributed by atoms with E-state index in [4.69, 9.17) is 9.47 Å². The van der Waals surface area contributed by atoms with Crippen LogP contribution in [-0.2, 0) is 14.8 Å². The first kappa shape index (κ1) is 26.0. The number of aryl methyl sites for hydroxylation is 1. The van der Waals surface area contributed by atoms with Crippen molar-refractivity contribution < 1.29 is 27.1 Å². The Morgan fingerprint density at radius 3 is 2.26 bits per heavy atom. The molecule has 0 aliphatic heterocycles. The summed E-state index contributed by atoms with van der Waals surface area (Å²) in [6.07, 6.45) is 0.533. The number of halogens is 1. The van der Waals surface area contributed by atoms with E-state index < -0.39 is 34.3 Å². The van der Waals surface area contributed by atoms with Crippen molar-refractivity contribution in [1.82, 2.24) is 5.32 Å². The molecule has 7 nitrogen and oxygen atoms in total. The number of ether oxygens (including phenoxy) is 2. The van der Waals surface area contributed by atoms with Crippen LogP contribution in [0.3, 0.4) is 0 Å².